The molecule has 0 aromatic carbocycles. The second-order valence-electron chi connectivity index (χ2n) is 6.81. The molecule has 0 unspecified atom stereocenters. The fraction of sp³-hybridized carbons (Fsp3) is 0.529. The Balaban J connectivity index is 1.46. The van der Waals surface area contributed by atoms with Gasteiger partial charge in [-0.15, -0.1) is 5.10 Å². The van der Waals surface area contributed by atoms with E-state index >= 15 is 0 Å². The number of carboxylic acids is 1. The zero-order valence-corrected chi connectivity index (χ0v) is 15.4. The van der Waals surface area contributed by atoms with Crippen LogP contribution in [-0.2, 0) is 29.2 Å². The van der Waals surface area contributed by atoms with Gasteiger partial charge in [-0.2, -0.15) is 5.10 Å². The van der Waals surface area contributed by atoms with E-state index in [1.807, 2.05) is 0 Å². The van der Waals surface area contributed by atoms with Crippen LogP contribution in [0.1, 0.15) is 48.2 Å². The highest BCUT2D eigenvalue weighted by molar-refractivity contribution is 5.93. The molecule has 1 aliphatic carbocycles. The highest BCUT2D eigenvalue weighted by Gasteiger charge is 2.17. The zero-order valence-electron chi connectivity index (χ0n) is 15.4. The summed E-state index contributed by atoms with van der Waals surface area (Å²) in [6.45, 7) is -0.129. The summed E-state index contributed by atoms with van der Waals surface area (Å²) in [5, 5.41) is 25.9. The van der Waals surface area contributed by atoms with Gasteiger partial charge in [0.1, 0.15) is 18.8 Å². The first-order valence-corrected chi connectivity index (χ1v) is 9.20. The predicted molar refractivity (Wildman–Crippen MR) is 96.1 cm³/mol. The van der Waals surface area contributed by atoms with Gasteiger partial charge in [0.15, 0.2) is 0 Å². The molecule has 28 heavy (non-hydrogen) atoms. The van der Waals surface area contributed by atoms with Crippen LogP contribution in [0.15, 0.2) is 18.6 Å². The standard InChI is InChI=1S/C17H23N7O4/c25-15(20-13-4-2-1-3-5-13)10-23-8-12(6-19-23)17(28)18-7-14-9-24(22-21-14)11-16(26)27/h6,8-9,13H,1-5,7,10-11H2,(H,18,28)(H,20,25)(H,26,27). The highest BCUT2D eigenvalue weighted by Crippen LogP contribution is 2.17. The van der Waals surface area contributed by atoms with E-state index in [0.717, 1.165) is 25.7 Å². The predicted octanol–water partition coefficient (Wildman–Crippen LogP) is -0.0619. The van der Waals surface area contributed by atoms with Gasteiger partial charge in [-0.3, -0.25) is 19.1 Å². The quantitative estimate of drug-likeness (QED) is 0.573. The minimum atomic E-state index is -1.03. The lowest BCUT2D eigenvalue weighted by Crippen LogP contribution is -2.38. The number of aliphatic carboxylic acids is 1. The fourth-order valence-corrected chi connectivity index (χ4v) is 3.14. The summed E-state index contributed by atoms with van der Waals surface area (Å²) < 4.78 is 2.60. The Labute approximate surface area is 161 Å². The van der Waals surface area contributed by atoms with Gasteiger partial charge in [-0.25, -0.2) is 4.68 Å². The van der Waals surface area contributed by atoms with Gasteiger partial charge in [0.05, 0.1) is 24.5 Å². The van der Waals surface area contributed by atoms with Crippen LogP contribution in [0.3, 0.4) is 0 Å². The number of carbonyl (C=O) groups excluding carboxylic acids is 2. The molecule has 2 heterocycles. The molecule has 0 aliphatic heterocycles. The van der Waals surface area contributed by atoms with E-state index in [-0.39, 0.29) is 37.5 Å². The zero-order chi connectivity index (χ0) is 19.9. The first-order chi connectivity index (χ1) is 13.5. The lowest BCUT2D eigenvalue weighted by molar-refractivity contribution is -0.138. The Morgan fingerprint density at radius 2 is 1.89 bits per heavy atom. The second-order valence-corrected chi connectivity index (χ2v) is 6.81. The number of carbonyl (C=O) groups is 3. The SMILES string of the molecule is O=C(O)Cn1cc(CNC(=O)c2cnn(CC(=O)NC3CCCCC3)c2)nn1. The van der Waals surface area contributed by atoms with Crippen molar-refractivity contribution in [3.8, 4) is 0 Å². The molecule has 1 fully saturated rings. The largest absolute Gasteiger partial charge is 0.480 e. The molecular weight excluding hydrogens is 366 g/mol. The number of rotatable bonds is 8. The Morgan fingerprint density at radius 3 is 2.64 bits per heavy atom. The highest BCUT2D eigenvalue weighted by atomic mass is 16.4. The van der Waals surface area contributed by atoms with Crippen LogP contribution < -0.4 is 10.6 Å². The van der Waals surface area contributed by atoms with Crippen molar-refractivity contribution >= 4 is 17.8 Å². The number of aromatic nitrogens is 5. The van der Waals surface area contributed by atoms with E-state index in [1.54, 1.807) is 0 Å². The average Bonchev–Trinajstić information content (AvgIpc) is 3.29. The van der Waals surface area contributed by atoms with Crippen LogP contribution in [-0.4, -0.2) is 53.7 Å². The first kappa shape index (κ1) is 19.5. The monoisotopic (exact) mass is 389 g/mol. The van der Waals surface area contributed by atoms with Crippen molar-refractivity contribution in [2.24, 2.45) is 0 Å². The summed E-state index contributed by atoms with van der Waals surface area (Å²) in [5.41, 5.74) is 0.761. The van der Waals surface area contributed by atoms with Gasteiger partial charge in [0.25, 0.3) is 5.91 Å². The Bertz CT molecular complexity index is 838. The fourth-order valence-electron chi connectivity index (χ4n) is 3.14. The van der Waals surface area contributed by atoms with E-state index in [0.29, 0.717) is 11.3 Å². The van der Waals surface area contributed by atoms with E-state index in [2.05, 4.69) is 26.0 Å². The molecule has 2 aromatic heterocycles. The number of nitrogens with zero attached hydrogens (tertiary/aromatic N) is 5. The lowest BCUT2D eigenvalue weighted by Gasteiger charge is -2.22. The number of hydrogen-bond acceptors (Lipinski definition) is 6. The van der Waals surface area contributed by atoms with Crippen molar-refractivity contribution in [2.45, 2.75) is 57.8 Å². The number of carboxylic acid groups (broad SMARTS) is 1. The molecule has 11 nitrogen and oxygen atoms in total. The molecule has 0 radical (unpaired) electrons. The Hall–Kier alpha value is -3.24. The maximum Gasteiger partial charge on any atom is 0.325 e. The van der Waals surface area contributed by atoms with Crippen molar-refractivity contribution in [1.29, 1.82) is 0 Å². The maximum atomic E-state index is 12.2. The normalized spacial score (nSPS) is 14.6. The summed E-state index contributed by atoms with van der Waals surface area (Å²) in [7, 11) is 0. The van der Waals surface area contributed by atoms with Gasteiger partial charge >= 0.3 is 5.97 Å². The second kappa shape index (κ2) is 9.11. The van der Waals surface area contributed by atoms with Gasteiger partial charge < -0.3 is 15.7 Å². The smallest absolute Gasteiger partial charge is 0.325 e. The summed E-state index contributed by atoms with van der Waals surface area (Å²) in [6.07, 6.45) is 9.88. The molecule has 0 atom stereocenters. The average molecular weight is 389 g/mol. The molecule has 3 N–H and O–H groups in total. The van der Waals surface area contributed by atoms with Crippen LogP contribution in [0.2, 0.25) is 0 Å². The van der Waals surface area contributed by atoms with Crippen molar-refractivity contribution < 1.29 is 19.5 Å². The summed E-state index contributed by atoms with van der Waals surface area (Å²) >= 11 is 0. The number of hydrogen-bond donors (Lipinski definition) is 3. The molecule has 11 heteroatoms. The maximum absolute atomic E-state index is 12.2. The molecule has 1 aliphatic rings. The molecule has 150 valence electrons. The molecule has 1 saturated carbocycles. The third-order valence-corrected chi connectivity index (χ3v) is 4.48. The van der Waals surface area contributed by atoms with Crippen LogP contribution >= 0.6 is 0 Å². The minimum Gasteiger partial charge on any atom is -0.480 e. The molecule has 0 spiro atoms. The van der Waals surface area contributed by atoms with Gasteiger partial charge in [0.2, 0.25) is 5.91 Å². The molecule has 0 saturated heterocycles. The lowest BCUT2D eigenvalue weighted by atomic mass is 9.95. The van der Waals surface area contributed by atoms with Gasteiger partial charge in [-0.1, -0.05) is 24.5 Å². The summed E-state index contributed by atoms with van der Waals surface area (Å²) in [5.74, 6) is -1.51. The first-order valence-electron chi connectivity index (χ1n) is 9.20. The molecule has 2 aromatic rings. The topological polar surface area (TPSA) is 144 Å². The third kappa shape index (κ3) is 5.63. The minimum absolute atomic E-state index is 0.0628. The van der Waals surface area contributed by atoms with Gasteiger partial charge in [-0.05, 0) is 12.8 Å². The Kier molecular flexibility index (Phi) is 6.35. The van der Waals surface area contributed by atoms with Crippen LogP contribution in [0.25, 0.3) is 0 Å². The van der Waals surface area contributed by atoms with E-state index < -0.39 is 5.97 Å². The van der Waals surface area contributed by atoms with Crippen LogP contribution in [0, 0.1) is 0 Å². The van der Waals surface area contributed by atoms with Gasteiger partial charge in [0, 0.05) is 12.2 Å². The third-order valence-electron chi connectivity index (χ3n) is 4.48. The molecule has 2 amide bonds. The molecular formula is C17H23N7O4. The van der Waals surface area contributed by atoms with E-state index in [9.17, 15) is 14.4 Å². The van der Waals surface area contributed by atoms with E-state index in [1.165, 1.54) is 34.4 Å². The molecule has 3 rings (SSSR count). The van der Waals surface area contributed by atoms with Crippen molar-refractivity contribution in [3.05, 3.63) is 29.8 Å². The molecule has 0 bridgehead atoms. The Morgan fingerprint density at radius 1 is 1.11 bits per heavy atom. The number of amides is 2. The van der Waals surface area contributed by atoms with Crippen molar-refractivity contribution in [3.63, 3.8) is 0 Å². The number of nitrogens with one attached hydrogen (secondary N) is 2. The van der Waals surface area contributed by atoms with Crippen LogP contribution in [0.4, 0.5) is 0 Å². The summed E-state index contributed by atoms with van der Waals surface area (Å²) in [6, 6.07) is 0.231. The van der Waals surface area contributed by atoms with Crippen molar-refractivity contribution in [2.75, 3.05) is 0 Å². The van der Waals surface area contributed by atoms with Crippen LogP contribution in [0.5, 0.6) is 0 Å². The van der Waals surface area contributed by atoms with E-state index in [4.69, 9.17) is 5.11 Å². The van der Waals surface area contributed by atoms with Crippen molar-refractivity contribution in [1.82, 2.24) is 35.4 Å². The summed E-state index contributed by atoms with van der Waals surface area (Å²) in [4.78, 5) is 34.9.